The highest BCUT2D eigenvalue weighted by Gasteiger charge is 2.41. The standard InChI is InChI=1S/C20H22N2OS.ClH/c23-18-15-20(24-19-7-2-1-6-17(18)19)9-13-22(14-10-20)12-8-16-5-3-4-11-21-16;/h1-7,11H,8-10,12-15H2;1H. The fourth-order valence-corrected chi connectivity index (χ4v) is 5.22. The van der Waals surface area contributed by atoms with E-state index in [0.717, 1.165) is 50.2 Å². The Bertz CT molecular complexity index is 729. The first-order valence-electron chi connectivity index (χ1n) is 8.68. The minimum atomic E-state index is 0. The number of benzene rings is 1. The molecule has 2 aliphatic rings. The molecule has 1 spiro atoms. The zero-order valence-corrected chi connectivity index (χ0v) is 15.8. The van der Waals surface area contributed by atoms with E-state index >= 15 is 0 Å². The zero-order valence-electron chi connectivity index (χ0n) is 14.2. The number of carbonyl (C=O) groups excluding carboxylic acids is 1. The van der Waals surface area contributed by atoms with Gasteiger partial charge in [-0.1, -0.05) is 24.3 Å². The van der Waals surface area contributed by atoms with Crippen molar-refractivity contribution in [3.05, 3.63) is 59.9 Å². The van der Waals surface area contributed by atoms with Gasteiger partial charge in [0.25, 0.3) is 0 Å². The minimum absolute atomic E-state index is 0. The predicted molar refractivity (Wildman–Crippen MR) is 105 cm³/mol. The summed E-state index contributed by atoms with van der Waals surface area (Å²) in [6, 6.07) is 14.2. The van der Waals surface area contributed by atoms with Crippen molar-refractivity contribution in [2.75, 3.05) is 19.6 Å². The maximum absolute atomic E-state index is 12.5. The molecule has 0 amide bonds. The number of rotatable bonds is 3. The molecule has 2 aliphatic heterocycles. The highest BCUT2D eigenvalue weighted by atomic mass is 35.5. The van der Waals surface area contributed by atoms with Gasteiger partial charge in [0.2, 0.25) is 0 Å². The van der Waals surface area contributed by atoms with Crippen molar-refractivity contribution in [3.63, 3.8) is 0 Å². The van der Waals surface area contributed by atoms with E-state index in [1.54, 1.807) is 0 Å². The molecule has 0 radical (unpaired) electrons. The molecule has 0 saturated carbocycles. The molecule has 0 atom stereocenters. The van der Waals surface area contributed by atoms with Crippen molar-refractivity contribution in [1.29, 1.82) is 0 Å². The number of halogens is 1. The Balaban J connectivity index is 0.00000182. The van der Waals surface area contributed by atoms with Crippen molar-refractivity contribution < 1.29 is 4.79 Å². The van der Waals surface area contributed by atoms with Crippen molar-refractivity contribution in [1.82, 2.24) is 9.88 Å². The Morgan fingerprint density at radius 1 is 1.08 bits per heavy atom. The first-order valence-corrected chi connectivity index (χ1v) is 9.49. The van der Waals surface area contributed by atoms with Gasteiger partial charge in [-0.15, -0.1) is 24.2 Å². The summed E-state index contributed by atoms with van der Waals surface area (Å²) < 4.78 is 0.118. The fourth-order valence-electron chi connectivity index (χ4n) is 3.72. The molecule has 4 rings (SSSR count). The fraction of sp³-hybridized carbons (Fsp3) is 0.400. The maximum atomic E-state index is 12.5. The summed E-state index contributed by atoms with van der Waals surface area (Å²) in [5.74, 6) is 0.325. The molecule has 1 aromatic heterocycles. The minimum Gasteiger partial charge on any atom is -0.303 e. The molecule has 0 unspecified atom stereocenters. The summed E-state index contributed by atoms with van der Waals surface area (Å²) >= 11 is 1.94. The van der Waals surface area contributed by atoms with Gasteiger partial charge in [-0.3, -0.25) is 9.78 Å². The van der Waals surface area contributed by atoms with Gasteiger partial charge in [0, 0.05) is 46.5 Å². The number of piperidine rings is 1. The number of thioether (sulfide) groups is 1. The lowest BCUT2D eigenvalue weighted by atomic mass is 9.88. The van der Waals surface area contributed by atoms with Crippen LogP contribution in [0.2, 0.25) is 0 Å². The molecule has 25 heavy (non-hydrogen) atoms. The number of hydrogen-bond acceptors (Lipinski definition) is 4. The van der Waals surface area contributed by atoms with Crippen molar-refractivity contribution >= 4 is 30.0 Å². The summed E-state index contributed by atoms with van der Waals surface area (Å²) in [6.45, 7) is 3.22. The zero-order chi connectivity index (χ0) is 16.4. The van der Waals surface area contributed by atoms with Crippen LogP contribution in [0, 0.1) is 0 Å². The van der Waals surface area contributed by atoms with Crippen LogP contribution in [0.15, 0.2) is 53.6 Å². The van der Waals surface area contributed by atoms with Gasteiger partial charge in [-0.25, -0.2) is 0 Å². The molecule has 5 heteroatoms. The first-order chi connectivity index (χ1) is 11.7. The Morgan fingerprint density at radius 2 is 1.84 bits per heavy atom. The topological polar surface area (TPSA) is 33.2 Å². The molecule has 2 aromatic rings. The van der Waals surface area contributed by atoms with E-state index in [9.17, 15) is 4.79 Å². The van der Waals surface area contributed by atoms with Crippen LogP contribution >= 0.6 is 24.2 Å². The van der Waals surface area contributed by atoms with Crippen molar-refractivity contribution in [3.8, 4) is 0 Å². The summed E-state index contributed by atoms with van der Waals surface area (Å²) in [6.07, 6.45) is 5.76. The molecular weight excluding hydrogens is 352 g/mol. The molecule has 1 fully saturated rings. The van der Waals surface area contributed by atoms with Crippen LogP contribution in [0.5, 0.6) is 0 Å². The molecule has 0 N–H and O–H groups in total. The first kappa shape index (κ1) is 18.4. The number of ketones is 1. The highest BCUT2D eigenvalue weighted by molar-refractivity contribution is 8.01. The molecule has 0 aliphatic carbocycles. The average Bonchev–Trinajstić information content (AvgIpc) is 2.62. The summed E-state index contributed by atoms with van der Waals surface area (Å²) in [7, 11) is 0. The van der Waals surface area contributed by atoms with Gasteiger partial charge in [0.15, 0.2) is 5.78 Å². The van der Waals surface area contributed by atoms with Crippen LogP contribution in [0.25, 0.3) is 0 Å². The third kappa shape index (κ3) is 4.08. The van der Waals surface area contributed by atoms with Crippen LogP contribution < -0.4 is 0 Å². The quantitative estimate of drug-likeness (QED) is 0.803. The van der Waals surface area contributed by atoms with E-state index in [0.29, 0.717) is 12.2 Å². The van der Waals surface area contributed by atoms with E-state index in [2.05, 4.69) is 28.1 Å². The van der Waals surface area contributed by atoms with Gasteiger partial charge in [-0.05, 0) is 44.1 Å². The van der Waals surface area contributed by atoms with Crippen LogP contribution in [0.4, 0.5) is 0 Å². The van der Waals surface area contributed by atoms with Crippen molar-refractivity contribution in [2.24, 2.45) is 0 Å². The van der Waals surface area contributed by atoms with Gasteiger partial charge < -0.3 is 4.90 Å². The molecule has 132 valence electrons. The van der Waals surface area contributed by atoms with Gasteiger partial charge >= 0.3 is 0 Å². The number of hydrogen-bond donors (Lipinski definition) is 0. The van der Waals surface area contributed by atoms with E-state index in [-0.39, 0.29) is 17.2 Å². The third-order valence-corrected chi connectivity index (χ3v) is 6.74. The number of nitrogens with zero attached hydrogens (tertiary/aromatic N) is 2. The largest absolute Gasteiger partial charge is 0.303 e. The van der Waals surface area contributed by atoms with Crippen molar-refractivity contribution in [2.45, 2.75) is 35.3 Å². The summed E-state index contributed by atoms with van der Waals surface area (Å²) in [4.78, 5) is 20.6. The van der Waals surface area contributed by atoms with E-state index in [1.807, 2.05) is 42.2 Å². The lowest BCUT2D eigenvalue weighted by Crippen LogP contribution is -2.45. The highest BCUT2D eigenvalue weighted by Crippen LogP contribution is 2.48. The normalized spacial score (nSPS) is 19.3. The average molecular weight is 375 g/mol. The van der Waals surface area contributed by atoms with E-state index in [1.165, 1.54) is 4.90 Å². The second kappa shape index (κ2) is 7.90. The molecule has 1 saturated heterocycles. The Hall–Kier alpha value is -1.36. The molecule has 3 nitrogen and oxygen atoms in total. The lowest BCUT2D eigenvalue weighted by Gasteiger charge is -2.43. The van der Waals surface area contributed by atoms with Gasteiger partial charge in [0.05, 0.1) is 0 Å². The number of Topliss-reactive ketones (excluding diaryl/α,β-unsaturated/α-hetero) is 1. The second-order valence-corrected chi connectivity index (χ2v) is 8.30. The number of pyridine rings is 1. The SMILES string of the molecule is Cl.O=C1CC2(CCN(CCc3ccccn3)CC2)Sc2ccccc21. The number of aromatic nitrogens is 1. The number of fused-ring (bicyclic) bond motifs is 1. The molecule has 0 bridgehead atoms. The second-order valence-electron chi connectivity index (χ2n) is 6.79. The number of carbonyl (C=O) groups is 1. The summed E-state index contributed by atoms with van der Waals surface area (Å²) in [5, 5.41) is 0. The molecular formula is C20H23ClN2OS. The van der Waals surface area contributed by atoms with Gasteiger partial charge in [-0.2, -0.15) is 0 Å². The van der Waals surface area contributed by atoms with E-state index in [4.69, 9.17) is 0 Å². The lowest BCUT2D eigenvalue weighted by molar-refractivity contribution is 0.0938. The third-order valence-electron chi connectivity index (χ3n) is 5.17. The summed E-state index contributed by atoms with van der Waals surface area (Å²) in [5.41, 5.74) is 2.08. The predicted octanol–water partition coefficient (Wildman–Crippen LogP) is 4.26. The van der Waals surface area contributed by atoms with Crippen LogP contribution in [0.1, 0.15) is 35.3 Å². The van der Waals surface area contributed by atoms with Crippen LogP contribution in [-0.2, 0) is 6.42 Å². The van der Waals surface area contributed by atoms with Crippen LogP contribution in [0.3, 0.4) is 0 Å². The molecule has 1 aromatic carbocycles. The smallest absolute Gasteiger partial charge is 0.165 e. The molecule has 3 heterocycles. The Kier molecular flexibility index (Phi) is 5.82. The van der Waals surface area contributed by atoms with Gasteiger partial charge in [0.1, 0.15) is 0 Å². The van der Waals surface area contributed by atoms with Crippen LogP contribution in [-0.4, -0.2) is 40.0 Å². The monoisotopic (exact) mass is 374 g/mol. The van der Waals surface area contributed by atoms with E-state index < -0.39 is 0 Å². The Morgan fingerprint density at radius 3 is 2.60 bits per heavy atom. The maximum Gasteiger partial charge on any atom is 0.165 e. The Labute approximate surface area is 159 Å². The number of likely N-dealkylation sites (tertiary alicyclic amines) is 1.